The van der Waals surface area contributed by atoms with Gasteiger partial charge in [-0.25, -0.2) is 9.97 Å². The van der Waals surface area contributed by atoms with Crippen LogP contribution >= 0.6 is 23.2 Å². The topological polar surface area (TPSA) is 67.8 Å². The third kappa shape index (κ3) is 2.66. The molecule has 3 aromatic rings. The number of amides is 1. The minimum atomic E-state index is -0.342. The van der Waals surface area contributed by atoms with Gasteiger partial charge in [0.05, 0.1) is 11.1 Å². The molecule has 0 saturated carbocycles. The molecular formula is C14H8Cl2N4O. The first-order valence-electron chi connectivity index (χ1n) is 5.98. The summed E-state index contributed by atoms with van der Waals surface area (Å²) in [7, 11) is 0. The molecule has 0 bridgehead atoms. The number of anilines is 1. The summed E-state index contributed by atoms with van der Waals surface area (Å²) in [6.07, 6.45) is 2.81. The molecule has 0 fully saturated rings. The van der Waals surface area contributed by atoms with E-state index in [1.807, 2.05) is 24.3 Å². The molecule has 0 aliphatic carbocycles. The van der Waals surface area contributed by atoms with E-state index in [2.05, 4.69) is 20.3 Å². The van der Waals surface area contributed by atoms with Crippen molar-refractivity contribution in [1.82, 2.24) is 15.0 Å². The van der Waals surface area contributed by atoms with Crippen molar-refractivity contribution in [1.29, 1.82) is 0 Å². The van der Waals surface area contributed by atoms with Crippen LogP contribution in [0.4, 0.5) is 5.82 Å². The Bertz CT molecular complexity index is 833. The van der Waals surface area contributed by atoms with Gasteiger partial charge >= 0.3 is 0 Å². The van der Waals surface area contributed by atoms with Crippen molar-refractivity contribution in [3.05, 3.63) is 58.6 Å². The van der Waals surface area contributed by atoms with Crippen LogP contribution in [0, 0.1) is 0 Å². The Morgan fingerprint density at radius 2 is 1.86 bits per heavy atom. The minimum absolute atomic E-state index is 0.0848. The van der Waals surface area contributed by atoms with E-state index in [1.54, 1.807) is 12.3 Å². The smallest absolute Gasteiger partial charge is 0.257 e. The number of hydrogen-bond donors (Lipinski definition) is 1. The van der Waals surface area contributed by atoms with Crippen LogP contribution in [-0.2, 0) is 0 Å². The van der Waals surface area contributed by atoms with E-state index in [1.165, 1.54) is 6.33 Å². The Hall–Kier alpha value is -2.24. The molecule has 2 heterocycles. The number of benzene rings is 1. The molecule has 0 atom stereocenters. The fourth-order valence-electron chi connectivity index (χ4n) is 1.90. The zero-order valence-electron chi connectivity index (χ0n) is 10.5. The van der Waals surface area contributed by atoms with E-state index >= 15 is 0 Å². The van der Waals surface area contributed by atoms with Crippen molar-refractivity contribution in [3.63, 3.8) is 0 Å². The molecule has 1 amide bonds. The molecule has 5 nitrogen and oxygen atoms in total. The van der Waals surface area contributed by atoms with Crippen molar-refractivity contribution in [3.8, 4) is 0 Å². The van der Waals surface area contributed by atoms with Crippen LogP contribution in [0.2, 0.25) is 10.2 Å². The number of hydrogen-bond acceptors (Lipinski definition) is 4. The SMILES string of the molecule is O=C(Nc1ncnc(Cl)c1Cl)c1ccnc2ccccc12. The Labute approximate surface area is 130 Å². The molecule has 21 heavy (non-hydrogen) atoms. The Morgan fingerprint density at radius 1 is 1.05 bits per heavy atom. The molecule has 3 rings (SSSR count). The van der Waals surface area contributed by atoms with Gasteiger partial charge in [0.1, 0.15) is 11.3 Å². The van der Waals surface area contributed by atoms with Gasteiger partial charge < -0.3 is 5.32 Å². The summed E-state index contributed by atoms with van der Waals surface area (Å²) in [5, 5.41) is 3.56. The third-order valence-corrected chi connectivity index (χ3v) is 3.61. The highest BCUT2D eigenvalue weighted by molar-refractivity contribution is 6.43. The van der Waals surface area contributed by atoms with E-state index in [0.29, 0.717) is 5.56 Å². The van der Waals surface area contributed by atoms with Crippen LogP contribution in [0.3, 0.4) is 0 Å². The van der Waals surface area contributed by atoms with Crippen LogP contribution < -0.4 is 5.32 Å². The monoisotopic (exact) mass is 318 g/mol. The molecule has 0 radical (unpaired) electrons. The summed E-state index contributed by atoms with van der Waals surface area (Å²) in [6, 6.07) is 8.99. The zero-order valence-corrected chi connectivity index (χ0v) is 12.1. The molecule has 0 aliphatic heterocycles. The number of fused-ring (bicyclic) bond motifs is 1. The lowest BCUT2D eigenvalue weighted by atomic mass is 10.1. The standard InChI is InChI=1S/C14H8Cl2N4O/c15-11-12(16)18-7-19-13(11)20-14(21)9-5-6-17-10-4-2-1-3-8(9)10/h1-7H,(H,18,19,20,21). The summed E-state index contributed by atoms with van der Waals surface area (Å²) < 4.78 is 0. The normalized spacial score (nSPS) is 10.6. The zero-order chi connectivity index (χ0) is 14.8. The number of carbonyl (C=O) groups excluding carboxylic acids is 1. The molecule has 7 heteroatoms. The first kappa shape index (κ1) is 13.7. The lowest BCUT2D eigenvalue weighted by Crippen LogP contribution is -2.14. The molecule has 2 aromatic heterocycles. The minimum Gasteiger partial charge on any atom is -0.305 e. The second-order valence-electron chi connectivity index (χ2n) is 4.16. The van der Waals surface area contributed by atoms with Crippen LogP contribution in [0.15, 0.2) is 42.9 Å². The predicted octanol–water partition coefficient (Wildman–Crippen LogP) is 3.58. The van der Waals surface area contributed by atoms with Gasteiger partial charge in [-0.1, -0.05) is 41.4 Å². The number of para-hydroxylation sites is 1. The second-order valence-corrected chi connectivity index (χ2v) is 4.89. The van der Waals surface area contributed by atoms with Gasteiger partial charge in [0.25, 0.3) is 5.91 Å². The van der Waals surface area contributed by atoms with Crippen LogP contribution in [0.5, 0.6) is 0 Å². The fraction of sp³-hybridized carbons (Fsp3) is 0. The summed E-state index contributed by atoms with van der Waals surface area (Å²) in [4.78, 5) is 24.2. The highest BCUT2D eigenvalue weighted by Gasteiger charge is 2.14. The Kier molecular flexibility index (Phi) is 3.68. The van der Waals surface area contributed by atoms with E-state index in [9.17, 15) is 4.79 Å². The number of nitrogens with one attached hydrogen (secondary N) is 1. The van der Waals surface area contributed by atoms with Crippen molar-refractivity contribution < 1.29 is 4.79 Å². The van der Waals surface area contributed by atoms with Gasteiger partial charge in [-0.3, -0.25) is 9.78 Å². The quantitative estimate of drug-likeness (QED) is 0.733. The number of aromatic nitrogens is 3. The first-order chi connectivity index (χ1) is 10.2. The van der Waals surface area contributed by atoms with Crippen molar-refractivity contribution in [2.75, 3.05) is 5.32 Å². The van der Waals surface area contributed by atoms with Crippen molar-refractivity contribution >= 4 is 45.8 Å². The van der Waals surface area contributed by atoms with E-state index < -0.39 is 0 Å². The third-order valence-electron chi connectivity index (χ3n) is 2.87. The molecule has 0 spiro atoms. The first-order valence-corrected chi connectivity index (χ1v) is 6.73. The molecule has 0 saturated heterocycles. The van der Waals surface area contributed by atoms with Gasteiger partial charge in [-0.05, 0) is 12.1 Å². The van der Waals surface area contributed by atoms with Gasteiger partial charge in [0, 0.05) is 11.6 Å². The highest BCUT2D eigenvalue weighted by Crippen LogP contribution is 2.26. The van der Waals surface area contributed by atoms with Gasteiger partial charge in [0.2, 0.25) is 0 Å². The van der Waals surface area contributed by atoms with Crippen molar-refractivity contribution in [2.24, 2.45) is 0 Å². The van der Waals surface area contributed by atoms with Crippen molar-refractivity contribution in [2.45, 2.75) is 0 Å². The largest absolute Gasteiger partial charge is 0.305 e. The van der Waals surface area contributed by atoms with E-state index in [-0.39, 0.29) is 21.9 Å². The number of halogens is 2. The van der Waals surface area contributed by atoms with Gasteiger partial charge in [0.15, 0.2) is 11.0 Å². The van der Waals surface area contributed by atoms with Gasteiger partial charge in [-0.2, -0.15) is 0 Å². The molecule has 104 valence electrons. The fourth-order valence-corrected chi connectivity index (χ4v) is 2.18. The Balaban J connectivity index is 2.00. The van der Waals surface area contributed by atoms with Crippen LogP contribution in [-0.4, -0.2) is 20.9 Å². The average Bonchev–Trinajstić information content (AvgIpc) is 2.51. The predicted molar refractivity (Wildman–Crippen MR) is 81.7 cm³/mol. The number of nitrogens with zero attached hydrogens (tertiary/aromatic N) is 3. The van der Waals surface area contributed by atoms with Crippen LogP contribution in [0.1, 0.15) is 10.4 Å². The van der Waals surface area contributed by atoms with Gasteiger partial charge in [-0.15, -0.1) is 0 Å². The molecule has 1 aromatic carbocycles. The maximum Gasteiger partial charge on any atom is 0.257 e. The number of rotatable bonds is 2. The number of pyridine rings is 1. The molecule has 0 aliphatic rings. The van der Waals surface area contributed by atoms with E-state index in [0.717, 1.165) is 10.9 Å². The lowest BCUT2D eigenvalue weighted by molar-refractivity contribution is 0.102. The summed E-state index contributed by atoms with van der Waals surface area (Å²) in [5.74, 6) is -0.173. The Morgan fingerprint density at radius 3 is 2.71 bits per heavy atom. The summed E-state index contributed by atoms with van der Waals surface area (Å²) >= 11 is 11.8. The molecular weight excluding hydrogens is 311 g/mol. The lowest BCUT2D eigenvalue weighted by Gasteiger charge is -2.08. The second kappa shape index (κ2) is 5.63. The van der Waals surface area contributed by atoms with E-state index in [4.69, 9.17) is 23.2 Å². The average molecular weight is 319 g/mol. The maximum absolute atomic E-state index is 12.4. The number of carbonyl (C=O) groups is 1. The summed E-state index contributed by atoms with van der Waals surface area (Å²) in [6.45, 7) is 0. The summed E-state index contributed by atoms with van der Waals surface area (Å²) in [5.41, 5.74) is 1.21. The maximum atomic E-state index is 12.4. The highest BCUT2D eigenvalue weighted by atomic mass is 35.5. The van der Waals surface area contributed by atoms with Crippen LogP contribution in [0.25, 0.3) is 10.9 Å². The molecule has 0 unspecified atom stereocenters. The molecule has 1 N–H and O–H groups in total.